The molecule has 1 aliphatic rings. The summed E-state index contributed by atoms with van der Waals surface area (Å²) < 4.78 is 5.40. The Kier molecular flexibility index (Phi) is 7.97. The number of anilines is 1. The van der Waals surface area contributed by atoms with Gasteiger partial charge in [0.1, 0.15) is 5.54 Å². The van der Waals surface area contributed by atoms with E-state index in [4.69, 9.17) is 4.52 Å². The lowest BCUT2D eigenvalue weighted by Crippen LogP contribution is -2.45. The van der Waals surface area contributed by atoms with Gasteiger partial charge >= 0.3 is 0 Å². The third kappa shape index (κ3) is 6.15. The van der Waals surface area contributed by atoms with Gasteiger partial charge in [-0.2, -0.15) is 4.98 Å². The molecular formula is C23H31N5O4. The molecule has 32 heavy (non-hydrogen) atoms. The van der Waals surface area contributed by atoms with E-state index in [9.17, 15) is 14.4 Å². The summed E-state index contributed by atoms with van der Waals surface area (Å²) in [5, 5.41) is 12.7. The number of benzene rings is 1. The van der Waals surface area contributed by atoms with Gasteiger partial charge in [0.15, 0.2) is 5.82 Å². The Morgan fingerprint density at radius 2 is 1.88 bits per heavy atom. The van der Waals surface area contributed by atoms with Gasteiger partial charge in [0.2, 0.25) is 17.7 Å². The van der Waals surface area contributed by atoms with Gasteiger partial charge in [0.25, 0.3) is 5.91 Å². The summed E-state index contributed by atoms with van der Waals surface area (Å²) in [5.41, 5.74) is 0.428. The first-order chi connectivity index (χ1) is 15.4. The molecule has 1 aromatic carbocycles. The van der Waals surface area contributed by atoms with Crippen molar-refractivity contribution in [2.75, 3.05) is 11.9 Å². The number of nitrogens with zero attached hydrogens (tertiary/aromatic N) is 2. The molecule has 172 valence electrons. The van der Waals surface area contributed by atoms with Crippen molar-refractivity contribution in [2.45, 2.75) is 70.8 Å². The van der Waals surface area contributed by atoms with Gasteiger partial charge < -0.3 is 20.5 Å². The second-order valence-electron chi connectivity index (χ2n) is 8.18. The number of aromatic nitrogens is 2. The Labute approximate surface area is 187 Å². The van der Waals surface area contributed by atoms with Crippen molar-refractivity contribution < 1.29 is 18.9 Å². The number of hydrogen-bond acceptors (Lipinski definition) is 6. The fourth-order valence-corrected chi connectivity index (χ4v) is 4.07. The summed E-state index contributed by atoms with van der Waals surface area (Å²) in [7, 11) is 0. The fourth-order valence-electron chi connectivity index (χ4n) is 4.07. The van der Waals surface area contributed by atoms with Gasteiger partial charge in [-0.3, -0.25) is 14.4 Å². The van der Waals surface area contributed by atoms with E-state index in [2.05, 4.69) is 26.1 Å². The van der Waals surface area contributed by atoms with Gasteiger partial charge in [-0.25, -0.2) is 0 Å². The molecule has 0 bridgehead atoms. The molecule has 3 amide bonds. The van der Waals surface area contributed by atoms with Crippen LogP contribution in [0.1, 0.15) is 80.9 Å². The van der Waals surface area contributed by atoms with Crippen molar-refractivity contribution in [3.63, 3.8) is 0 Å². The molecule has 0 radical (unpaired) electrons. The highest BCUT2D eigenvalue weighted by Gasteiger charge is 2.38. The molecule has 9 nitrogen and oxygen atoms in total. The van der Waals surface area contributed by atoms with Crippen LogP contribution in [0.4, 0.5) is 5.69 Å². The number of carbonyl (C=O) groups excluding carboxylic acids is 3. The lowest BCUT2D eigenvalue weighted by atomic mass is 9.89. The Balaban J connectivity index is 1.61. The Morgan fingerprint density at radius 1 is 1.12 bits per heavy atom. The number of amides is 3. The first kappa shape index (κ1) is 23.4. The van der Waals surface area contributed by atoms with Crippen molar-refractivity contribution in [3.8, 4) is 0 Å². The van der Waals surface area contributed by atoms with Crippen LogP contribution in [-0.2, 0) is 21.5 Å². The number of rotatable bonds is 8. The second kappa shape index (κ2) is 10.9. The van der Waals surface area contributed by atoms with Gasteiger partial charge in [-0.05, 0) is 38.0 Å². The van der Waals surface area contributed by atoms with Crippen LogP contribution in [0, 0.1) is 0 Å². The first-order valence-corrected chi connectivity index (χ1v) is 11.2. The Morgan fingerprint density at radius 3 is 2.56 bits per heavy atom. The van der Waals surface area contributed by atoms with E-state index in [0.717, 1.165) is 38.5 Å². The highest BCUT2D eigenvalue weighted by molar-refractivity contribution is 5.97. The zero-order valence-electron chi connectivity index (χ0n) is 18.7. The van der Waals surface area contributed by atoms with E-state index in [-0.39, 0.29) is 30.6 Å². The van der Waals surface area contributed by atoms with Crippen LogP contribution in [0.15, 0.2) is 28.8 Å². The summed E-state index contributed by atoms with van der Waals surface area (Å²) in [5.74, 6) is 0.324. The molecule has 9 heteroatoms. The molecule has 1 fully saturated rings. The largest absolute Gasteiger partial charge is 0.352 e. The average Bonchev–Trinajstić information content (AvgIpc) is 3.12. The molecule has 3 rings (SSSR count). The van der Waals surface area contributed by atoms with Crippen LogP contribution < -0.4 is 16.0 Å². The Bertz CT molecular complexity index is 947. The van der Waals surface area contributed by atoms with Gasteiger partial charge in [0, 0.05) is 37.6 Å². The zero-order chi connectivity index (χ0) is 23.0. The maximum atomic E-state index is 12.4. The van der Waals surface area contributed by atoms with E-state index in [1.807, 2.05) is 6.92 Å². The molecule has 1 heterocycles. The van der Waals surface area contributed by atoms with Crippen molar-refractivity contribution in [1.29, 1.82) is 0 Å². The summed E-state index contributed by atoms with van der Waals surface area (Å²) in [4.78, 5) is 40.7. The second-order valence-corrected chi connectivity index (χ2v) is 8.18. The molecular weight excluding hydrogens is 410 g/mol. The third-order valence-electron chi connectivity index (χ3n) is 5.58. The molecule has 2 aromatic rings. The van der Waals surface area contributed by atoms with Crippen LogP contribution in [0.25, 0.3) is 0 Å². The number of hydrogen-bond donors (Lipinski definition) is 3. The zero-order valence-corrected chi connectivity index (χ0v) is 18.7. The van der Waals surface area contributed by atoms with Crippen molar-refractivity contribution in [2.24, 2.45) is 0 Å². The molecule has 0 aliphatic heterocycles. The predicted octanol–water partition coefficient (Wildman–Crippen LogP) is 3.08. The van der Waals surface area contributed by atoms with E-state index in [0.29, 0.717) is 29.5 Å². The Hall–Kier alpha value is -3.23. The number of aryl methyl sites for hydroxylation is 1. The maximum Gasteiger partial charge on any atom is 0.251 e. The van der Waals surface area contributed by atoms with Crippen molar-refractivity contribution in [3.05, 3.63) is 41.5 Å². The molecule has 1 aromatic heterocycles. The molecule has 1 aliphatic carbocycles. The minimum atomic E-state index is -0.605. The summed E-state index contributed by atoms with van der Waals surface area (Å²) in [6, 6.07) is 6.78. The number of carbonyl (C=O) groups is 3. The van der Waals surface area contributed by atoms with Crippen LogP contribution in [0.2, 0.25) is 0 Å². The molecule has 1 saturated carbocycles. The molecule has 3 N–H and O–H groups in total. The van der Waals surface area contributed by atoms with E-state index >= 15 is 0 Å². The summed E-state index contributed by atoms with van der Waals surface area (Å²) >= 11 is 0. The third-order valence-corrected chi connectivity index (χ3v) is 5.58. The first-order valence-electron chi connectivity index (χ1n) is 11.2. The van der Waals surface area contributed by atoms with Crippen LogP contribution >= 0.6 is 0 Å². The van der Waals surface area contributed by atoms with E-state index in [1.54, 1.807) is 24.3 Å². The minimum Gasteiger partial charge on any atom is -0.352 e. The summed E-state index contributed by atoms with van der Waals surface area (Å²) in [6.45, 7) is 3.88. The lowest BCUT2D eigenvalue weighted by molar-refractivity contribution is -0.121. The lowest BCUT2D eigenvalue weighted by Gasteiger charge is -2.30. The molecule has 0 unspecified atom stereocenters. The SMILES string of the molecule is CCNC(=O)c1cccc(NC(=O)CCc2nc(C3(NC(C)=O)CCCCCC3)no2)c1. The van der Waals surface area contributed by atoms with E-state index in [1.165, 1.54) is 6.92 Å². The molecule has 0 atom stereocenters. The predicted molar refractivity (Wildman–Crippen MR) is 119 cm³/mol. The van der Waals surface area contributed by atoms with Crippen LogP contribution in [0.5, 0.6) is 0 Å². The standard InChI is InChI=1S/C23H31N5O4/c1-3-24-21(31)17-9-8-10-18(15-17)25-19(30)11-12-20-26-22(28-32-20)23(27-16(2)29)13-6-4-5-7-14-23/h8-10,15H,3-7,11-14H2,1-2H3,(H,24,31)(H,25,30)(H,27,29). The van der Waals surface area contributed by atoms with Gasteiger partial charge in [-0.1, -0.05) is 36.9 Å². The van der Waals surface area contributed by atoms with E-state index < -0.39 is 5.54 Å². The number of nitrogens with one attached hydrogen (secondary N) is 3. The van der Waals surface area contributed by atoms with Crippen molar-refractivity contribution >= 4 is 23.4 Å². The maximum absolute atomic E-state index is 12.4. The quantitative estimate of drug-likeness (QED) is 0.541. The highest BCUT2D eigenvalue weighted by Crippen LogP contribution is 2.34. The summed E-state index contributed by atoms with van der Waals surface area (Å²) in [6.07, 6.45) is 6.19. The smallest absolute Gasteiger partial charge is 0.251 e. The van der Waals surface area contributed by atoms with Gasteiger partial charge in [-0.15, -0.1) is 0 Å². The molecule has 0 saturated heterocycles. The van der Waals surface area contributed by atoms with Crippen LogP contribution in [-0.4, -0.2) is 34.4 Å². The van der Waals surface area contributed by atoms with Crippen LogP contribution in [0.3, 0.4) is 0 Å². The highest BCUT2D eigenvalue weighted by atomic mass is 16.5. The normalized spacial score (nSPS) is 15.4. The minimum absolute atomic E-state index is 0.118. The van der Waals surface area contributed by atoms with Crippen molar-refractivity contribution in [1.82, 2.24) is 20.8 Å². The topological polar surface area (TPSA) is 126 Å². The molecule has 0 spiro atoms. The monoisotopic (exact) mass is 441 g/mol. The van der Waals surface area contributed by atoms with Gasteiger partial charge in [0.05, 0.1) is 0 Å². The average molecular weight is 442 g/mol. The fraction of sp³-hybridized carbons (Fsp3) is 0.522.